The predicted octanol–water partition coefficient (Wildman–Crippen LogP) is 7.40. The molecule has 0 bridgehead atoms. The Kier molecular flexibility index (Phi) is 8.59. The van der Waals surface area contributed by atoms with Crippen LogP contribution in [0, 0.1) is 10.5 Å². The molecule has 0 radical (unpaired) electrons. The molecule has 0 heterocycles. The first-order valence-electron chi connectivity index (χ1n) is 9.04. The third-order valence-corrected chi connectivity index (χ3v) is 6.47. The molecule has 3 aromatic rings. The predicted molar refractivity (Wildman–Crippen MR) is 139 cm³/mol. The molecule has 160 valence electrons. The van der Waals surface area contributed by atoms with Crippen LogP contribution in [0.2, 0.25) is 10.0 Å². The number of benzene rings is 3. The fraction of sp³-hybridized carbons (Fsp3) is 0.0909. The lowest BCUT2D eigenvalue weighted by atomic mass is 10.2. The Morgan fingerprint density at radius 2 is 1.97 bits per heavy atom. The summed E-state index contributed by atoms with van der Waals surface area (Å²) >= 11 is 17.7. The number of rotatable bonds is 6. The van der Waals surface area contributed by atoms with Crippen LogP contribution < -0.4 is 15.5 Å². The van der Waals surface area contributed by atoms with E-state index in [9.17, 15) is 4.79 Å². The molecule has 3 rings (SSSR count). The second-order valence-corrected chi connectivity index (χ2v) is 9.36. The first-order chi connectivity index (χ1) is 14.8. The van der Waals surface area contributed by atoms with E-state index in [2.05, 4.69) is 54.4 Å². The number of nitrogens with one attached hydrogen (secondary N) is 2. The lowest BCUT2D eigenvalue weighted by Gasteiger charge is -2.10. The zero-order chi connectivity index (χ0) is 22.4. The largest absolute Gasteiger partial charge is 0.488 e. The second kappa shape index (κ2) is 11.2. The van der Waals surface area contributed by atoms with Gasteiger partial charge in [-0.15, -0.1) is 0 Å². The Labute approximate surface area is 212 Å². The molecule has 0 aliphatic heterocycles. The van der Waals surface area contributed by atoms with E-state index in [0.29, 0.717) is 22.3 Å². The average molecular weight is 633 g/mol. The van der Waals surface area contributed by atoms with Gasteiger partial charge in [-0.25, -0.2) is 10.2 Å². The second-order valence-electron chi connectivity index (χ2n) is 6.50. The summed E-state index contributed by atoms with van der Waals surface area (Å²) in [4.78, 5) is 12.0. The lowest BCUT2D eigenvalue weighted by molar-refractivity contribution is 0.252. The summed E-state index contributed by atoms with van der Waals surface area (Å²) < 4.78 is 7.75. The molecule has 0 aliphatic rings. The van der Waals surface area contributed by atoms with Crippen molar-refractivity contribution in [1.29, 1.82) is 0 Å². The molecule has 0 fully saturated rings. The van der Waals surface area contributed by atoms with Gasteiger partial charge in [0.05, 0.1) is 9.78 Å². The van der Waals surface area contributed by atoms with Crippen LogP contribution in [0.4, 0.5) is 10.5 Å². The zero-order valence-electron chi connectivity index (χ0n) is 16.3. The van der Waals surface area contributed by atoms with Gasteiger partial charge in [0.1, 0.15) is 12.4 Å². The van der Waals surface area contributed by atoms with Gasteiger partial charge < -0.3 is 10.1 Å². The Hall–Kier alpha value is -1.81. The van der Waals surface area contributed by atoms with Crippen molar-refractivity contribution in [3.05, 3.63) is 89.4 Å². The smallest absolute Gasteiger partial charge is 0.339 e. The highest BCUT2D eigenvalue weighted by Gasteiger charge is 2.06. The fourth-order valence-electron chi connectivity index (χ4n) is 2.56. The van der Waals surface area contributed by atoms with Gasteiger partial charge in [0, 0.05) is 25.8 Å². The molecule has 0 atom stereocenters. The quantitative estimate of drug-likeness (QED) is 0.169. The minimum absolute atomic E-state index is 0.330. The van der Waals surface area contributed by atoms with E-state index in [1.54, 1.807) is 24.4 Å². The van der Waals surface area contributed by atoms with Crippen molar-refractivity contribution in [3.8, 4) is 5.75 Å². The van der Waals surface area contributed by atoms with Crippen molar-refractivity contribution in [1.82, 2.24) is 5.43 Å². The molecule has 3 aromatic carbocycles. The van der Waals surface area contributed by atoms with Crippen LogP contribution in [-0.4, -0.2) is 12.2 Å². The van der Waals surface area contributed by atoms with Crippen molar-refractivity contribution >= 4 is 79.7 Å². The number of carbonyl (C=O) groups is 1. The van der Waals surface area contributed by atoms with Crippen LogP contribution in [-0.2, 0) is 6.61 Å². The van der Waals surface area contributed by atoms with Gasteiger partial charge in [0.2, 0.25) is 0 Å². The zero-order valence-corrected chi connectivity index (χ0v) is 21.5. The summed E-state index contributed by atoms with van der Waals surface area (Å²) in [7, 11) is 0. The third kappa shape index (κ3) is 7.10. The summed E-state index contributed by atoms with van der Waals surface area (Å²) in [6.45, 7) is 2.28. The number of aryl methyl sites for hydroxylation is 1. The maximum absolute atomic E-state index is 12.0. The summed E-state index contributed by atoms with van der Waals surface area (Å²) in [5.74, 6) is 0.722. The molecule has 2 amide bonds. The topological polar surface area (TPSA) is 62.7 Å². The standard InChI is InChI=1S/C22H17BrCl2IN3O2/c1-13-8-17(5-6-18(13)23)28-22(30)29-27-11-14-2-7-21(20(26)9-14)31-12-15-3-4-16(24)10-19(15)25/h2-11H,12H2,1H3,(H2,28,29,30)/b27-11+. The van der Waals surface area contributed by atoms with Crippen molar-refractivity contribution < 1.29 is 9.53 Å². The third-order valence-electron chi connectivity index (χ3n) is 4.15. The first-order valence-corrected chi connectivity index (χ1v) is 11.7. The molecular weight excluding hydrogens is 616 g/mol. The van der Waals surface area contributed by atoms with Crippen LogP contribution in [0.5, 0.6) is 5.75 Å². The number of anilines is 1. The molecule has 2 N–H and O–H groups in total. The Balaban J connectivity index is 1.54. The highest BCUT2D eigenvalue weighted by atomic mass is 127. The first kappa shape index (κ1) is 23.8. The lowest BCUT2D eigenvalue weighted by Crippen LogP contribution is -2.24. The van der Waals surface area contributed by atoms with Crippen molar-refractivity contribution in [3.63, 3.8) is 0 Å². The number of halogens is 4. The van der Waals surface area contributed by atoms with Gasteiger partial charge in [-0.2, -0.15) is 5.10 Å². The average Bonchev–Trinajstić information content (AvgIpc) is 2.71. The Bertz CT molecular complexity index is 1140. The maximum Gasteiger partial charge on any atom is 0.339 e. The minimum Gasteiger partial charge on any atom is -0.488 e. The van der Waals surface area contributed by atoms with Gasteiger partial charge in [-0.05, 0) is 89.2 Å². The Morgan fingerprint density at radius 3 is 2.68 bits per heavy atom. The number of hydrogen-bond donors (Lipinski definition) is 2. The van der Waals surface area contributed by atoms with E-state index < -0.39 is 6.03 Å². The van der Waals surface area contributed by atoms with E-state index in [-0.39, 0.29) is 0 Å². The van der Waals surface area contributed by atoms with E-state index in [4.69, 9.17) is 27.9 Å². The van der Waals surface area contributed by atoms with Crippen LogP contribution in [0.25, 0.3) is 0 Å². The number of hydrazone groups is 1. The Morgan fingerprint density at radius 1 is 1.16 bits per heavy atom. The maximum atomic E-state index is 12.0. The van der Waals surface area contributed by atoms with Gasteiger partial charge in [0.15, 0.2) is 0 Å². The molecule has 5 nitrogen and oxygen atoms in total. The summed E-state index contributed by atoms with van der Waals surface area (Å²) in [6, 6.07) is 16.0. The van der Waals surface area contributed by atoms with Crippen LogP contribution in [0.3, 0.4) is 0 Å². The van der Waals surface area contributed by atoms with E-state index in [1.165, 1.54) is 0 Å². The summed E-state index contributed by atoms with van der Waals surface area (Å²) in [6.07, 6.45) is 1.56. The van der Waals surface area contributed by atoms with E-state index >= 15 is 0 Å². The monoisotopic (exact) mass is 631 g/mol. The number of carbonyl (C=O) groups excluding carboxylic acids is 1. The van der Waals surface area contributed by atoms with Gasteiger partial charge in [-0.3, -0.25) is 0 Å². The van der Waals surface area contributed by atoms with Crippen LogP contribution in [0.15, 0.2) is 64.2 Å². The van der Waals surface area contributed by atoms with Gasteiger partial charge in [-0.1, -0.05) is 45.2 Å². The summed E-state index contributed by atoms with van der Waals surface area (Å²) in [5.41, 5.74) is 5.83. The highest BCUT2D eigenvalue weighted by molar-refractivity contribution is 14.1. The molecule has 0 aliphatic carbocycles. The van der Waals surface area contributed by atoms with Gasteiger partial charge in [0.25, 0.3) is 0 Å². The number of urea groups is 1. The molecule has 0 aromatic heterocycles. The molecular formula is C22H17BrCl2IN3O2. The van der Waals surface area contributed by atoms with Crippen LogP contribution in [0.1, 0.15) is 16.7 Å². The number of ether oxygens (including phenoxy) is 1. The molecule has 31 heavy (non-hydrogen) atoms. The molecule has 0 unspecified atom stereocenters. The van der Waals surface area contributed by atoms with E-state index in [1.807, 2.05) is 43.3 Å². The molecule has 9 heteroatoms. The van der Waals surface area contributed by atoms with Crippen LogP contribution >= 0.6 is 61.7 Å². The van der Waals surface area contributed by atoms with Gasteiger partial charge >= 0.3 is 6.03 Å². The number of hydrogen-bond acceptors (Lipinski definition) is 3. The molecule has 0 saturated carbocycles. The number of nitrogens with zero attached hydrogens (tertiary/aromatic N) is 1. The van der Waals surface area contributed by atoms with Crippen molar-refractivity contribution in [2.24, 2.45) is 5.10 Å². The minimum atomic E-state index is -0.424. The number of amides is 2. The highest BCUT2D eigenvalue weighted by Crippen LogP contribution is 2.26. The summed E-state index contributed by atoms with van der Waals surface area (Å²) in [5, 5.41) is 7.87. The van der Waals surface area contributed by atoms with E-state index in [0.717, 1.165) is 30.5 Å². The normalized spacial score (nSPS) is 10.9. The SMILES string of the molecule is Cc1cc(NC(=O)N/N=C/c2ccc(OCc3ccc(Cl)cc3Cl)c(I)c2)ccc1Br. The van der Waals surface area contributed by atoms with Crippen molar-refractivity contribution in [2.45, 2.75) is 13.5 Å². The van der Waals surface area contributed by atoms with Crippen molar-refractivity contribution in [2.75, 3.05) is 5.32 Å². The molecule has 0 spiro atoms. The fourth-order valence-corrected chi connectivity index (χ4v) is 3.96. The molecule has 0 saturated heterocycles.